The second-order valence-corrected chi connectivity index (χ2v) is 4.31. The maximum absolute atomic E-state index is 13.3. The van der Waals surface area contributed by atoms with Gasteiger partial charge in [0, 0.05) is 11.6 Å². The first kappa shape index (κ1) is 9.51. The molecule has 0 spiro atoms. The molecule has 3 rings (SSSR count). The summed E-state index contributed by atoms with van der Waals surface area (Å²) in [5.74, 6) is 0.547. The highest BCUT2D eigenvalue weighted by atomic mass is 19.1. The number of hydrogen-bond donors (Lipinski definition) is 0. The van der Waals surface area contributed by atoms with Crippen LogP contribution in [0.1, 0.15) is 24.4 Å². The lowest BCUT2D eigenvalue weighted by molar-refractivity contribution is 0.626. The third-order valence-electron chi connectivity index (χ3n) is 2.81. The van der Waals surface area contributed by atoms with E-state index in [1.54, 1.807) is 6.33 Å². The van der Waals surface area contributed by atoms with Gasteiger partial charge in [0.1, 0.15) is 12.1 Å². The average molecular weight is 217 g/mol. The lowest BCUT2D eigenvalue weighted by Crippen LogP contribution is -1.96. The molecule has 1 heterocycles. The maximum atomic E-state index is 13.3. The number of aromatic nitrogens is 3. The van der Waals surface area contributed by atoms with Gasteiger partial charge in [0.15, 0.2) is 5.82 Å². The topological polar surface area (TPSA) is 30.7 Å². The summed E-state index contributed by atoms with van der Waals surface area (Å²) in [6, 6.07) is 5.47. The van der Waals surface area contributed by atoms with Crippen LogP contribution in [0.25, 0.3) is 11.4 Å². The summed E-state index contributed by atoms with van der Waals surface area (Å²) in [6.45, 7) is 1.88. The van der Waals surface area contributed by atoms with Gasteiger partial charge in [0.2, 0.25) is 0 Å². The van der Waals surface area contributed by atoms with Crippen LogP contribution in [0.5, 0.6) is 0 Å². The number of halogens is 1. The Labute approximate surface area is 92.9 Å². The molecule has 4 heteroatoms. The summed E-state index contributed by atoms with van der Waals surface area (Å²) in [7, 11) is 0. The summed E-state index contributed by atoms with van der Waals surface area (Å²) >= 11 is 0. The smallest absolute Gasteiger partial charge is 0.164 e. The van der Waals surface area contributed by atoms with E-state index in [1.165, 1.54) is 25.0 Å². The lowest BCUT2D eigenvalue weighted by Gasteiger charge is -2.05. The maximum Gasteiger partial charge on any atom is 0.164 e. The van der Waals surface area contributed by atoms with Crippen LogP contribution in [0.2, 0.25) is 0 Å². The van der Waals surface area contributed by atoms with Gasteiger partial charge in [-0.1, -0.05) is 0 Å². The molecule has 0 saturated heterocycles. The van der Waals surface area contributed by atoms with Crippen LogP contribution in [0.3, 0.4) is 0 Å². The predicted octanol–water partition coefficient (Wildman–Crippen LogP) is 2.73. The zero-order valence-electron chi connectivity index (χ0n) is 9.02. The Morgan fingerprint density at radius 2 is 2.12 bits per heavy atom. The van der Waals surface area contributed by atoms with Crippen molar-refractivity contribution in [3.05, 3.63) is 35.9 Å². The minimum absolute atomic E-state index is 0.222. The van der Waals surface area contributed by atoms with E-state index in [4.69, 9.17) is 0 Å². The van der Waals surface area contributed by atoms with Gasteiger partial charge >= 0.3 is 0 Å². The summed E-state index contributed by atoms with van der Waals surface area (Å²) in [5.41, 5.74) is 1.71. The molecule has 0 amide bonds. The van der Waals surface area contributed by atoms with Gasteiger partial charge in [-0.3, -0.25) is 0 Å². The van der Waals surface area contributed by atoms with E-state index in [1.807, 2.05) is 17.6 Å². The molecular formula is C12H12FN3. The molecule has 16 heavy (non-hydrogen) atoms. The van der Waals surface area contributed by atoms with Crippen molar-refractivity contribution in [3.8, 4) is 11.4 Å². The number of aryl methyl sites for hydroxylation is 1. The molecule has 0 bridgehead atoms. The van der Waals surface area contributed by atoms with Gasteiger partial charge in [-0.2, -0.15) is 0 Å². The summed E-state index contributed by atoms with van der Waals surface area (Å²) in [5, 5.41) is 7.99. The van der Waals surface area contributed by atoms with Crippen molar-refractivity contribution in [1.29, 1.82) is 0 Å². The van der Waals surface area contributed by atoms with Gasteiger partial charge in [-0.05, 0) is 43.5 Å². The van der Waals surface area contributed by atoms with Crippen molar-refractivity contribution in [2.75, 3.05) is 0 Å². The second-order valence-electron chi connectivity index (χ2n) is 4.31. The van der Waals surface area contributed by atoms with E-state index in [0.29, 0.717) is 6.04 Å². The van der Waals surface area contributed by atoms with Gasteiger partial charge in [0.25, 0.3) is 0 Å². The molecule has 0 atom stereocenters. The molecule has 0 N–H and O–H groups in total. The number of hydrogen-bond acceptors (Lipinski definition) is 2. The van der Waals surface area contributed by atoms with E-state index >= 15 is 0 Å². The van der Waals surface area contributed by atoms with Crippen molar-refractivity contribution in [3.63, 3.8) is 0 Å². The van der Waals surface area contributed by atoms with Crippen molar-refractivity contribution >= 4 is 0 Å². The number of rotatable bonds is 2. The molecule has 0 unspecified atom stereocenters. The normalized spacial score (nSPS) is 15.4. The van der Waals surface area contributed by atoms with Crippen LogP contribution < -0.4 is 0 Å². The average Bonchev–Trinajstić information content (AvgIpc) is 2.94. The summed E-state index contributed by atoms with van der Waals surface area (Å²) in [4.78, 5) is 0. The molecule has 1 aromatic heterocycles. The monoisotopic (exact) mass is 217 g/mol. The fourth-order valence-corrected chi connectivity index (χ4v) is 1.93. The molecule has 1 fully saturated rings. The molecule has 2 aromatic rings. The van der Waals surface area contributed by atoms with Crippen LogP contribution in [0, 0.1) is 12.7 Å². The molecule has 0 aliphatic heterocycles. The quantitative estimate of drug-likeness (QED) is 0.774. The van der Waals surface area contributed by atoms with Gasteiger partial charge in [-0.25, -0.2) is 4.39 Å². The predicted molar refractivity (Wildman–Crippen MR) is 58.4 cm³/mol. The second kappa shape index (κ2) is 3.40. The Morgan fingerprint density at radius 3 is 2.81 bits per heavy atom. The van der Waals surface area contributed by atoms with Gasteiger partial charge in [0.05, 0.1) is 0 Å². The first-order valence-electron chi connectivity index (χ1n) is 5.41. The minimum atomic E-state index is -0.222. The van der Waals surface area contributed by atoms with Crippen LogP contribution in [-0.4, -0.2) is 14.8 Å². The SMILES string of the molecule is Cc1cc(F)cc(-c2nncn2C2CC2)c1. The number of nitrogens with zero attached hydrogens (tertiary/aromatic N) is 3. The standard InChI is InChI=1S/C12H12FN3/c1-8-4-9(6-10(13)5-8)12-15-14-7-16(12)11-2-3-11/h4-7,11H,2-3H2,1H3. The molecule has 3 nitrogen and oxygen atoms in total. The highest BCUT2D eigenvalue weighted by molar-refractivity contribution is 5.56. The molecule has 82 valence electrons. The Balaban J connectivity index is 2.10. The fraction of sp³-hybridized carbons (Fsp3) is 0.333. The van der Waals surface area contributed by atoms with Crippen molar-refractivity contribution < 1.29 is 4.39 Å². The summed E-state index contributed by atoms with van der Waals surface area (Å²) in [6.07, 6.45) is 4.06. The van der Waals surface area contributed by atoms with E-state index in [0.717, 1.165) is 17.0 Å². The van der Waals surface area contributed by atoms with E-state index in [-0.39, 0.29) is 5.82 Å². The molecule has 1 aliphatic carbocycles. The van der Waals surface area contributed by atoms with E-state index in [2.05, 4.69) is 10.2 Å². The third-order valence-corrected chi connectivity index (χ3v) is 2.81. The van der Waals surface area contributed by atoms with Crippen LogP contribution in [-0.2, 0) is 0 Å². The summed E-state index contributed by atoms with van der Waals surface area (Å²) < 4.78 is 15.3. The number of benzene rings is 1. The third kappa shape index (κ3) is 1.60. The van der Waals surface area contributed by atoms with Crippen LogP contribution in [0.15, 0.2) is 24.5 Å². The highest BCUT2D eigenvalue weighted by Crippen LogP contribution is 2.37. The van der Waals surface area contributed by atoms with Gasteiger partial charge in [-0.15, -0.1) is 10.2 Å². The molecule has 1 aromatic carbocycles. The van der Waals surface area contributed by atoms with E-state index in [9.17, 15) is 4.39 Å². The zero-order valence-corrected chi connectivity index (χ0v) is 9.02. The Hall–Kier alpha value is -1.71. The van der Waals surface area contributed by atoms with Crippen LogP contribution in [0.4, 0.5) is 4.39 Å². The van der Waals surface area contributed by atoms with Crippen molar-refractivity contribution in [2.45, 2.75) is 25.8 Å². The Kier molecular flexibility index (Phi) is 2.02. The van der Waals surface area contributed by atoms with Crippen LogP contribution >= 0.6 is 0 Å². The minimum Gasteiger partial charge on any atom is -0.310 e. The largest absolute Gasteiger partial charge is 0.310 e. The zero-order chi connectivity index (χ0) is 11.1. The Morgan fingerprint density at radius 1 is 1.31 bits per heavy atom. The first-order chi connectivity index (χ1) is 7.74. The lowest BCUT2D eigenvalue weighted by atomic mass is 10.1. The fourth-order valence-electron chi connectivity index (χ4n) is 1.93. The van der Waals surface area contributed by atoms with Crippen molar-refractivity contribution in [1.82, 2.24) is 14.8 Å². The Bertz CT molecular complexity index is 509. The van der Waals surface area contributed by atoms with E-state index < -0.39 is 0 Å². The molecule has 1 aliphatic rings. The molecule has 1 saturated carbocycles. The molecule has 0 radical (unpaired) electrons. The highest BCUT2D eigenvalue weighted by Gasteiger charge is 2.26. The van der Waals surface area contributed by atoms with Crippen molar-refractivity contribution in [2.24, 2.45) is 0 Å². The molecular weight excluding hydrogens is 205 g/mol. The van der Waals surface area contributed by atoms with Gasteiger partial charge < -0.3 is 4.57 Å². The first-order valence-corrected chi connectivity index (χ1v) is 5.41.